The number of phenolic OH excluding ortho intramolecular Hbond substituents is 1. The molecule has 44 heavy (non-hydrogen) atoms. The Balaban J connectivity index is 1.25. The van der Waals surface area contributed by atoms with E-state index in [4.69, 9.17) is 28.4 Å². The lowest BCUT2D eigenvalue weighted by atomic mass is 9.41. The van der Waals surface area contributed by atoms with Crippen molar-refractivity contribution < 1.29 is 63.2 Å². The minimum absolute atomic E-state index is 0.0301. The number of aromatic hydroxyl groups is 1. The average Bonchev–Trinajstić information content (AvgIpc) is 3.09. The van der Waals surface area contributed by atoms with Crippen LogP contribution >= 0.6 is 0 Å². The SMILES string of the molecule is COC1OC2(C)CC(=O)C3CC2(O[C@@H]2O[C@H](COC(=O)c4ccccc4)[C@@H](O)[C@H](O)[C@H]2O)C13COC(=O)c1ccc(O)cc1. The molecule has 13 heteroatoms. The number of ether oxygens (including phenoxy) is 6. The third kappa shape index (κ3) is 4.53. The Hall–Kier alpha value is -3.43. The predicted octanol–water partition coefficient (Wildman–Crippen LogP) is 0.709. The molecule has 2 aromatic rings. The zero-order valence-corrected chi connectivity index (χ0v) is 24.0. The zero-order chi connectivity index (χ0) is 31.4. The van der Waals surface area contributed by atoms with Gasteiger partial charge in [-0.3, -0.25) is 4.79 Å². The highest BCUT2D eigenvalue weighted by Crippen LogP contribution is 2.74. The molecule has 5 aliphatic rings. The van der Waals surface area contributed by atoms with Gasteiger partial charge in [0.2, 0.25) is 0 Å². The third-order valence-electron chi connectivity index (χ3n) is 9.54. The molecule has 2 heterocycles. The lowest BCUT2D eigenvalue weighted by molar-refractivity contribution is -0.381. The number of esters is 2. The number of rotatable bonds is 9. The molecule has 4 bridgehead atoms. The minimum Gasteiger partial charge on any atom is -0.508 e. The van der Waals surface area contributed by atoms with E-state index in [9.17, 15) is 34.8 Å². The molecule has 5 unspecified atom stereocenters. The molecule has 2 aromatic carbocycles. The molecule has 3 saturated carbocycles. The largest absolute Gasteiger partial charge is 0.508 e. The van der Waals surface area contributed by atoms with Crippen LogP contribution in [0.4, 0.5) is 0 Å². The van der Waals surface area contributed by atoms with E-state index in [0.717, 1.165) is 0 Å². The van der Waals surface area contributed by atoms with E-state index >= 15 is 0 Å². The van der Waals surface area contributed by atoms with Crippen LogP contribution in [-0.4, -0.2) is 107 Å². The van der Waals surface area contributed by atoms with E-state index in [1.54, 1.807) is 37.3 Å². The van der Waals surface area contributed by atoms with E-state index < -0.39 is 78.1 Å². The molecule has 2 aliphatic heterocycles. The maximum Gasteiger partial charge on any atom is 0.338 e. The van der Waals surface area contributed by atoms with Gasteiger partial charge in [0.15, 0.2) is 12.6 Å². The fourth-order valence-electron chi connectivity index (χ4n) is 7.21. The molecule has 5 fully saturated rings. The van der Waals surface area contributed by atoms with Gasteiger partial charge in [-0.1, -0.05) is 18.2 Å². The molecule has 0 spiro atoms. The average molecular weight is 615 g/mol. The predicted molar refractivity (Wildman–Crippen MR) is 146 cm³/mol. The number of aliphatic hydroxyl groups is 3. The lowest BCUT2D eigenvalue weighted by Gasteiger charge is -2.66. The topological polar surface area (TPSA) is 188 Å². The molecule has 7 rings (SSSR count). The molecule has 3 aliphatic carbocycles. The first kappa shape index (κ1) is 30.6. The summed E-state index contributed by atoms with van der Waals surface area (Å²) in [7, 11) is 1.39. The smallest absolute Gasteiger partial charge is 0.338 e. The molecule has 10 atom stereocenters. The monoisotopic (exact) mass is 614 g/mol. The lowest BCUT2D eigenvalue weighted by Crippen LogP contribution is -2.80. The summed E-state index contributed by atoms with van der Waals surface area (Å²) in [5, 5.41) is 41.9. The summed E-state index contributed by atoms with van der Waals surface area (Å²) in [6.07, 6.45) is -8.93. The Morgan fingerprint density at radius 1 is 0.932 bits per heavy atom. The molecular weight excluding hydrogens is 580 g/mol. The van der Waals surface area contributed by atoms with E-state index in [2.05, 4.69) is 0 Å². The van der Waals surface area contributed by atoms with Gasteiger partial charge in [0, 0.05) is 19.4 Å². The molecule has 0 aromatic heterocycles. The number of fused-ring (bicyclic) bond motifs is 1. The van der Waals surface area contributed by atoms with Gasteiger partial charge in [-0.25, -0.2) is 9.59 Å². The van der Waals surface area contributed by atoms with Crippen LogP contribution < -0.4 is 0 Å². The van der Waals surface area contributed by atoms with Crippen molar-refractivity contribution >= 4 is 17.7 Å². The van der Waals surface area contributed by atoms with E-state index in [1.165, 1.54) is 31.4 Å². The number of benzene rings is 2. The van der Waals surface area contributed by atoms with Crippen LogP contribution in [0.3, 0.4) is 0 Å². The van der Waals surface area contributed by atoms with Crippen molar-refractivity contribution in [3.05, 3.63) is 65.7 Å². The van der Waals surface area contributed by atoms with Crippen LogP contribution in [0, 0.1) is 11.3 Å². The normalized spacial score (nSPS) is 38.9. The van der Waals surface area contributed by atoms with E-state index in [0.29, 0.717) is 0 Å². The summed E-state index contributed by atoms with van der Waals surface area (Å²) < 4.78 is 35.4. The minimum atomic E-state index is -1.74. The van der Waals surface area contributed by atoms with Crippen molar-refractivity contribution in [3.8, 4) is 5.75 Å². The summed E-state index contributed by atoms with van der Waals surface area (Å²) in [6.45, 7) is 0.843. The van der Waals surface area contributed by atoms with Crippen LogP contribution in [0.15, 0.2) is 54.6 Å². The fourth-order valence-corrected chi connectivity index (χ4v) is 7.21. The molecule has 13 nitrogen and oxygen atoms in total. The molecule has 4 N–H and O–H groups in total. The summed E-state index contributed by atoms with van der Waals surface area (Å²) in [6, 6.07) is 13.6. The second-order valence-corrected chi connectivity index (χ2v) is 11.9. The molecular formula is C31H34O13. The van der Waals surface area contributed by atoms with Crippen LogP contribution in [0.1, 0.15) is 40.5 Å². The van der Waals surface area contributed by atoms with Crippen molar-refractivity contribution in [2.45, 2.75) is 68.0 Å². The number of phenols is 1. The van der Waals surface area contributed by atoms with Crippen molar-refractivity contribution in [1.82, 2.24) is 0 Å². The van der Waals surface area contributed by atoms with Gasteiger partial charge in [-0.05, 0) is 49.7 Å². The number of ketones is 1. The standard InChI is InChI=1S/C31H34O13/c1-29-13-20(33)19-12-31(29,30(19,28(39-2)44-29)15-41-26(38)17-8-10-18(32)11-9-17)43-27-24(36)23(35)22(34)21(42-27)14-40-25(37)16-6-4-3-5-7-16/h3-11,19,21-24,27-28,32,34-36H,12-15H2,1-2H3/t19?,21-,22-,23+,24-,27+,28?,29?,30?,31?/m1/s1. The van der Waals surface area contributed by atoms with Crippen molar-refractivity contribution in [2.75, 3.05) is 20.3 Å². The zero-order valence-electron chi connectivity index (χ0n) is 24.0. The highest BCUT2D eigenvalue weighted by atomic mass is 16.8. The van der Waals surface area contributed by atoms with Crippen molar-refractivity contribution in [3.63, 3.8) is 0 Å². The number of aliphatic hydroxyl groups excluding tert-OH is 3. The van der Waals surface area contributed by atoms with Gasteiger partial charge in [-0.2, -0.15) is 0 Å². The first-order valence-electron chi connectivity index (χ1n) is 14.3. The third-order valence-corrected chi connectivity index (χ3v) is 9.54. The summed E-state index contributed by atoms with van der Waals surface area (Å²) in [5.41, 5.74) is -3.61. The summed E-state index contributed by atoms with van der Waals surface area (Å²) >= 11 is 0. The molecule has 0 radical (unpaired) electrons. The first-order chi connectivity index (χ1) is 21.0. The maximum absolute atomic E-state index is 13.3. The Bertz CT molecular complexity index is 1420. The van der Waals surface area contributed by atoms with Crippen molar-refractivity contribution in [1.29, 1.82) is 0 Å². The molecule has 0 amide bonds. The van der Waals surface area contributed by atoms with Crippen LogP contribution in [-0.2, 0) is 33.2 Å². The summed E-state index contributed by atoms with van der Waals surface area (Å²) in [4.78, 5) is 38.7. The number of hydrogen-bond acceptors (Lipinski definition) is 13. The first-order valence-corrected chi connectivity index (χ1v) is 14.3. The summed E-state index contributed by atoms with van der Waals surface area (Å²) in [5.74, 6) is -2.25. The van der Waals surface area contributed by atoms with Gasteiger partial charge in [0.1, 0.15) is 60.4 Å². The second kappa shape index (κ2) is 11.2. The van der Waals surface area contributed by atoms with Crippen LogP contribution in [0.5, 0.6) is 5.75 Å². The highest BCUT2D eigenvalue weighted by Gasteiger charge is 2.87. The number of methoxy groups -OCH3 is 1. The van der Waals surface area contributed by atoms with E-state index in [1.807, 2.05) is 0 Å². The van der Waals surface area contributed by atoms with Gasteiger partial charge in [-0.15, -0.1) is 0 Å². The number of carbonyl (C=O) groups is 3. The Morgan fingerprint density at radius 2 is 1.59 bits per heavy atom. The number of hydrogen-bond donors (Lipinski definition) is 4. The van der Waals surface area contributed by atoms with Gasteiger partial charge in [0.25, 0.3) is 0 Å². The Kier molecular flexibility index (Phi) is 7.77. The van der Waals surface area contributed by atoms with Crippen molar-refractivity contribution in [2.24, 2.45) is 11.3 Å². The molecule has 2 saturated heterocycles. The highest BCUT2D eigenvalue weighted by molar-refractivity contribution is 5.91. The second-order valence-electron chi connectivity index (χ2n) is 11.9. The van der Waals surface area contributed by atoms with Gasteiger partial charge in [0.05, 0.1) is 16.5 Å². The van der Waals surface area contributed by atoms with E-state index in [-0.39, 0.29) is 42.1 Å². The van der Waals surface area contributed by atoms with Gasteiger partial charge >= 0.3 is 11.9 Å². The Morgan fingerprint density at radius 3 is 2.27 bits per heavy atom. The van der Waals surface area contributed by atoms with Crippen LogP contribution in [0.2, 0.25) is 0 Å². The van der Waals surface area contributed by atoms with Gasteiger partial charge < -0.3 is 48.8 Å². The molecule has 236 valence electrons. The van der Waals surface area contributed by atoms with Crippen LogP contribution in [0.25, 0.3) is 0 Å². The fraction of sp³-hybridized carbons (Fsp3) is 0.516. The quantitative estimate of drug-likeness (QED) is 0.290. The number of carbonyl (C=O) groups excluding carboxylic acids is 3. The maximum atomic E-state index is 13.3. The Labute approximate surface area is 252 Å². The number of Topliss-reactive ketones (excluding diaryl/α,β-unsaturated/α-hetero) is 1.